The van der Waals surface area contributed by atoms with Crippen LogP contribution in [-0.4, -0.2) is 27.8 Å². The third-order valence-corrected chi connectivity index (χ3v) is 3.56. The van der Waals surface area contributed by atoms with Gasteiger partial charge in [0, 0.05) is 12.1 Å². The van der Waals surface area contributed by atoms with Crippen molar-refractivity contribution in [2.24, 2.45) is 0 Å². The Labute approximate surface area is 132 Å². The van der Waals surface area contributed by atoms with Gasteiger partial charge in [0.1, 0.15) is 5.03 Å². The number of carbonyl (C=O) groups excluding carboxylic acids is 2. The van der Waals surface area contributed by atoms with Gasteiger partial charge in [0.05, 0.1) is 5.75 Å². The molecule has 0 aliphatic rings. The molecule has 0 fully saturated rings. The summed E-state index contributed by atoms with van der Waals surface area (Å²) in [6.07, 6.45) is 0.387. The summed E-state index contributed by atoms with van der Waals surface area (Å²) < 4.78 is 0. The first-order valence-corrected chi connectivity index (χ1v) is 7.77. The van der Waals surface area contributed by atoms with Crippen molar-refractivity contribution in [2.45, 2.75) is 18.4 Å². The minimum absolute atomic E-state index is 0.110. The number of hydrogen-bond donors (Lipinski definition) is 2. The summed E-state index contributed by atoms with van der Waals surface area (Å²) in [5.41, 5.74) is 0.761. The number of carbonyl (C=O) groups is 2. The molecule has 2 aromatic rings. The lowest BCUT2D eigenvalue weighted by Crippen LogP contribution is -2.14. The number of nitrogens with zero attached hydrogens (tertiary/aromatic N) is 2. The zero-order valence-corrected chi connectivity index (χ0v) is 12.9. The van der Waals surface area contributed by atoms with Crippen molar-refractivity contribution in [1.29, 1.82) is 0 Å². The van der Waals surface area contributed by atoms with Crippen LogP contribution < -0.4 is 10.6 Å². The van der Waals surface area contributed by atoms with Crippen LogP contribution in [0.5, 0.6) is 0 Å². The summed E-state index contributed by atoms with van der Waals surface area (Å²) in [6.45, 7) is 1.76. The molecule has 7 heteroatoms. The van der Waals surface area contributed by atoms with Crippen molar-refractivity contribution in [3.05, 3.63) is 42.5 Å². The predicted molar refractivity (Wildman–Crippen MR) is 86.7 cm³/mol. The second-order valence-corrected chi connectivity index (χ2v) is 5.36. The van der Waals surface area contributed by atoms with E-state index >= 15 is 0 Å². The van der Waals surface area contributed by atoms with Gasteiger partial charge in [-0.2, -0.15) is 0 Å². The number of aromatic nitrogens is 2. The highest BCUT2D eigenvalue weighted by molar-refractivity contribution is 7.99. The Bertz CT molecular complexity index is 632. The molecule has 0 radical (unpaired) electrons. The molecule has 1 aromatic heterocycles. The van der Waals surface area contributed by atoms with Gasteiger partial charge in [-0.1, -0.05) is 36.9 Å². The molecule has 0 spiro atoms. The maximum Gasteiger partial charge on any atom is 0.234 e. The third-order valence-electron chi connectivity index (χ3n) is 2.64. The van der Waals surface area contributed by atoms with Crippen LogP contribution in [0.15, 0.2) is 47.5 Å². The zero-order valence-electron chi connectivity index (χ0n) is 12.1. The fourth-order valence-corrected chi connectivity index (χ4v) is 2.17. The topological polar surface area (TPSA) is 84.0 Å². The standard InChI is InChI=1S/C15H16N4O2S/c1-2-13(20)17-12-8-9-15(19-18-12)22-10-14(21)16-11-6-4-3-5-7-11/h3-9H,2,10H2,1H3,(H,16,21)(H,17,18,20). The van der Waals surface area contributed by atoms with Crippen molar-refractivity contribution >= 4 is 35.1 Å². The SMILES string of the molecule is CCC(=O)Nc1ccc(SCC(=O)Nc2ccccc2)nn1. The van der Waals surface area contributed by atoms with Crippen LogP contribution >= 0.6 is 11.8 Å². The normalized spacial score (nSPS) is 10.0. The number of hydrogen-bond acceptors (Lipinski definition) is 5. The second-order valence-electron chi connectivity index (χ2n) is 4.36. The fourth-order valence-electron chi connectivity index (χ4n) is 1.55. The van der Waals surface area contributed by atoms with E-state index in [-0.39, 0.29) is 17.6 Å². The second kappa shape index (κ2) is 8.14. The summed E-state index contributed by atoms with van der Waals surface area (Å²) in [4.78, 5) is 23.0. The number of thioether (sulfide) groups is 1. The van der Waals surface area contributed by atoms with Gasteiger partial charge in [0.2, 0.25) is 11.8 Å². The van der Waals surface area contributed by atoms with Crippen LogP contribution in [0.2, 0.25) is 0 Å². The molecule has 0 unspecified atom stereocenters. The van der Waals surface area contributed by atoms with E-state index in [1.54, 1.807) is 19.1 Å². The Hall–Kier alpha value is -2.41. The Morgan fingerprint density at radius 2 is 1.77 bits per heavy atom. The monoisotopic (exact) mass is 316 g/mol. The smallest absolute Gasteiger partial charge is 0.234 e. The molecule has 2 amide bonds. The van der Waals surface area contributed by atoms with Crippen molar-refractivity contribution in [3.63, 3.8) is 0 Å². The largest absolute Gasteiger partial charge is 0.325 e. The van der Waals surface area contributed by atoms with E-state index < -0.39 is 0 Å². The van der Waals surface area contributed by atoms with Crippen LogP contribution in [0.1, 0.15) is 13.3 Å². The molecule has 114 valence electrons. The first-order chi connectivity index (χ1) is 10.7. The van der Waals surface area contributed by atoms with Gasteiger partial charge < -0.3 is 10.6 Å². The molecule has 0 aliphatic carbocycles. The molecule has 0 bridgehead atoms. The van der Waals surface area contributed by atoms with Gasteiger partial charge in [-0.25, -0.2) is 0 Å². The molecule has 1 heterocycles. The van der Waals surface area contributed by atoms with Crippen LogP contribution in [-0.2, 0) is 9.59 Å². The van der Waals surface area contributed by atoms with Gasteiger partial charge in [-0.3, -0.25) is 9.59 Å². The summed E-state index contributed by atoms with van der Waals surface area (Å²) >= 11 is 1.28. The summed E-state index contributed by atoms with van der Waals surface area (Å²) in [5, 5.41) is 13.9. The molecule has 0 atom stereocenters. The maximum absolute atomic E-state index is 11.8. The van der Waals surface area contributed by atoms with Crippen LogP contribution in [0, 0.1) is 0 Å². The molecule has 2 rings (SSSR count). The average molecular weight is 316 g/mol. The van der Waals surface area contributed by atoms with Crippen LogP contribution in [0.25, 0.3) is 0 Å². The number of anilines is 2. The Kier molecular flexibility index (Phi) is 5.91. The van der Waals surface area contributed by atoms with Gasteiger partial charge in [0.25, 0.3) is 0 Å². The predicted octanol–water partition coefficient (Wildman–Crippen LogP) is 2.56. The highest BCUT2D eigenvalue weighted by Gasteiger charge is 2.06. The van der Waals surface area contributed by atoms with Crippen LogP contribution in [0.4, 0.5) is 11.5 Å². The summed E-state index contributed by atoms with van der Waals surface area (Å²) in [5.74, 6) is 0.424. The van der Waals surface area contributed by atoms with Crippen molar-refractivity contribution in [2.75, 3.05) is 16.4 Å². The van der Waals surface area contributed by atoms with E-state index in [1.807, 2.05) is 30.3 Å². The quantitative estimate of drug-likeness (QED) is 0.800. The van der Waals surface area contributed by atoms with Gasteiger partial charge in [-0.05, 0) is 24.3 Å². The molecular formula is C15H16N4O2S. The summed E-state index contributed by atoms with van der Waals surface area (Å²) in [7, 11) is 0. The van der Waals surface area contributed by atoms with E-state index in [0.717, 1.165) is 5.69 Å². The molecule has 0 aliphatic heterocycles. The number of rotatable bonds is 6. The Balaban J connectivity index is 1.81. The maximum atomic E-state index is 11.8. The Morgan fingerprint density at radius 3 is 2.41 bits per heavy atom. The first kappa shape index (κ1) is 16.0. The van der Waals surface area contributed by atoms with E-state index in [2.05, 4.69) is 20.8 Å². The fraction of sp³-hybridized carbons (Fsp3) is 0.200. The van der Waals surface area contributed by atoms with E-state index in [1.165, 1.54) is 11.8 Å². The number of amides is 2. The number of para-hydroxylation sites is 1. The molecule has 22 heavy (non-hydrogen) atoms. The van der Waals surface area contributed by atoms with Gasteiger partial charge >= 0.3 is 0 Å². The highest BCUT2D eigenvalue weighted by atomic mass is 32.2. The third kappa shape index (κ3) is 5.17. The minimum atomic E-state index is -0.114. The van der Waals surface area contributed by atoms with Crippen molar-refractivity contribution in [3.8, 4) is 0 Å². The van der Waals surface area contributed by atoms with Crippen molar-refractivity contribution < 1.29 is 9.59 Å². The highest BCUT2D eigenvalue weighted by Crippen LogP contribution is 2.16. The van der Waals surface area contributed by atoms with Gasteiger partial charge in [-0.15, -0.1) is 10.2 Å². The van der Waals surface area contributed by atoms with Crippen molar-refractivity contribution in [1.82, 2.24) is 10.2 Å². The number of benzene rings is 1. The Morgan fingerprint density at radius 1 is 1.00 bits per heavy atom. The molecule has 6 nitrogen and oxygen atoms in total. The zero-order chi connectivity index (χ0) is 15.8. The lowest BCUT2D eigenvalue weighted by Gasteiger charge is -2.05. The summed E-state index contributed by atoms with van der Waals surface area (Å²) in [6, 6.07) is 12.6. The van der Waals surface area contributed by atoms with E-state index in [0.29, 0.717) is 17.3 Å². The minimum Gasteiger partial charge on any atom is -0.325 e. The molecule has 1 aromatic carbocycles. The first-order valence-electron chi connectivity index (χ1n) is 6.78. The lowest BCUT2D eigenvalue weighted by atomic mass is 10.3. The molecule has 0 saturated heterocycles. The number of nitrogens with one attached hydrogen (secondary N) is 2. The lowest BCUT2D eigenvalue weighted by molar-refractivity contribution is -0.116. The molecular weight excluding hydrogens is 300 g/mol. The van der Waals surface area contributed by atoms with Crippen LogP contribution in [0.3, 0.4) is 0 Å². The van der Waals surface area contributed by atoms with Gasteiger partial charge in [0.15, 0.2) is 5.82 Å². The molecule has 0 saturated carbocycles. The molecule has 2 N–H and O–H groups in total. The average Bonchev–Trinajstić information content (AvgIpc) is 2.55. The van der Waals surface area contributed by atoms with E-state index in [9.17, 15) is 9.59 Å². The van der Waals surface area contributed by atoms with E-state index in [4.69, 9.17) is 0 Å².